The summed E-state index contributed by atoms with van der Waals surface area (Å²) < 4.78 is 5.20. The van der Waals surface area contributed by atoms with Crippen molar-refractivity contribution >= 4 is 23.0 Å². The zero-order valence-electron chi connectivity index (χ0n) is 8.71. The van der Waals surface area contributed by atoms with Gasteiger partial charge < -0.3 is 14.2 Å². The van der Waals surface area contributed by atoms with Crippen LogP contribution >= 0.6 is 23.0 Å². The van der Waals surface area contributed by atoms with E-state index in [0.29, 0.717) is 0 Å². The summed E-state index contributed by atoms with van der Waals surface area (Å²) >= 11 is 1.98. The van der Waals surface area contributed by atoms with Crippen molar-refractivity contribution in [2.45, 2.75) is 25.7 Å². The minimum Gasteiger partial charge on any atom is -0.401 e. The number of hydrogen-bond acceptors (Lipinski definition) is 4. The number of allylic oxidation sites excluding steroid dienone is 2. The third-order valence-corrected chi connectivity index (χ3v) is 4.16. The van der Waals surface area contributed by atoms with Gasteiger partial charge in [-0.05, 0) is 43.4 Å². The first-order chi connectivity index (χ1) is 7.27. The monoisotopic (exact) mass is 323 g/mol. The first-order valence-corrected chi connectivity index (χ1v) is 6.33. The normalized spacial score (nSPS) is 40.3. The van der Waals surface area contributed by atoms with E-state index >= 15 is 0 Å². The molecule has 3 atom stereocenters. The maximum atomic E-state index is 5.96. The molecule has 2 aliphatic carbocycles. The summed E-state index contributed by atoms with van der Waals surface area (Å²) in [6, 6.07) is 0. The van der Waals surface area contributed by atoms with Gasteiger partial charge in [0.1, 0.15) is 23.0 Å². The van der Waals surface area contributed by atoms with Gasteiger partial charge in [0.15, 0.2) is 0 Å². The lowest BCUT2D eigenvalue weighted by Crippen LogP contribution is -2.25. The molecule has 0 saturated heterocycles. The second kappa shape index (κ2) is 4.88. The third kappa shape index (κ3) is 2.39. The van der Waals surface area contributed by atoms with E-state index in [1.165, 1.54) is 12.8 Å². The highest BCUT2D eigenvalue weighted by molar-refractivity contribution is 14.1. The van der Waals surface area contributed by atoms with E-state index in [1.54, 1.807) is 0 Å². The molecule has 3 unspecified atom stereocenters. The SMILES string of the molecule is NN/C1=C(\N)CCC2C(CC1)C2COI. The van der Waals surface area contributed by atoms with E-state index in [2.05, 4.69) is 5.43 Å². The van der Waals surface area contributed by atoms with Crippen LogP contribution in [0.1, 0.15) is 25.7 Å². The predicted octanol–water partition coefficient (Wildman–Crippen LogP) is 1.42. The van der Waals surface area contributed by atoms with Crippen molar-refractivity contribution in [1.29, 1.82) is 0 Å². The van der Waals surface area contributed by atoms with Crippen LogP contribution in [0.2, 0.25) is 0 Å². The van der Waals surface area contributed by atoms with Crippen LogP contribution in [0.3, 0.4) is 0 Å². The molecule has 4 nitrogen and oxygen atoms in total. The smallest absolute Gasteiger partial charge is 0.109 e. The second-order valence-corrected chi connectivity index (χ2v) is 5.12. The molecule has 86 valence electrons. The summed E-state index contributed by atoms with van der Waals surface area (Å²) in [5, 5.41) is 0. The lowest BCUT2D eigenvalue weighted by atomic mass is 10.0. The molecule has 15 heavy (non-hydrogen) atoms. The summed E-state index contributed by atoms with van der Waals surface area (Å²) in [6.07, 6.45) is 4.33. The molecule has 0 radical (unpaired) electrons. The van der Waals surface area contributed by atoms with Gasteiger partial charge in [-0.25, -0.2) is 0 Å². The Bertz CT molecular complexity index is 269. The predicted molar refractivity (Wildman–Crippen MR) is 67.4 cm³/mol. The van der Waals surface area contributed by atoms with Crippen molar-refractivity contribution in [2.75, 3.05) is 6.61 Å². The van der Waals surface area contributed by atoms with Crippen molar-refractivity contribution in [1.82, 2.24) is 5.43 Å². The zero-order valence-corrected chi connectivity index (χ0v) is 10.9. The Hall–Kier alpha value is -0.0100. The Morgan fingerprint density at radius 3 is 2.60 bits per heavy atom. The average Bonchev–Trinajstić information content (AvgIpc) is 2.86. The lowest BCUT2D eigenvalue weighted by molar-refractivity contribution is 0.375. The van der Waals surface area contributed by atoms with Gasteiger partial charge in [-0.2, -0.15) is 0 Å². The Labute approximate surface area is 104 Å². The van der Waals surface area contributed by atoms with Gasteiger partial charge in [0, 0.05) is 11.4 Å². The fraction of sp³-hybridized carbons (Fsp3) is 0.800. The molecule has 0 heterocycles. The van der Waals surface area contributed by atoms with Crippen LogP contribution in [0, 0.1) is 17.8 Å². The van der Waals surface area contributed by atoms with Crippen LogP contribution in [0.15, 0.2) is 11.4 Å². The molecule has 0 spiro atoms. The molecule has 2 rings (SSSR count). The van der Waals surface area contributed by atoms with Crippen LogP contribution in [-0.2, 0) is 3.07 Å². The number of halogens is 1. The van der Waals surface area contributed by atoms with Gasteiger partial charge in [0.05, 0.1) is 6.61 Å². The molecule has 0 bridgehead atoms. The first kappa shape index (κ1) is 11.5. The minimum absolute atomic E-state index is 0.756. The van der Waals surface area contributed by atoms with Crippen LogP contribution < -0.4 is 17.0 Å². The number of fused-ring (bicyclic) bond motifs is 1. The summed E-state index contributed by atoms with van der Waals surface area (Å²) in [5.41, 5.74) is 10.7. The molecule has 0 aromatic rings. The van der Waals surface area contributed by atoms with E-state index in [1.807, 2.05) is 23.0 Å². The van der Waals surface area contributed by atoms with E-state index in [4.69, 9.17) is 14.6 Å². The second-order valence-electron chi connectivity index (χ2n) is 4.49. The molecule has 1 saturated carbocycles. The maximum Gasteiger partial charge on any atom is 0.109 e. The molecule has 1 fully saturated rings. The van der Waals surface area contributed by atoms with Crippen LogP contribution in [0.25, 0.3) is 0 Å². The number of rotatable bonds is 3. The molecule has 0 aliphatic heterocycles. The topological polar surface area (TPSA) is 73.3 Å². The summed E-state index contributed by atoms with van der Waals surface area (Å²) in [7, 11) is 0. The fourth-order valence-corrected chi connectivity index (χ4v) is 3.23. The number of nitrogens with one attached hydrogen (secondary N) is 1. The Morgan fingerprint density at radius 1 is 1.33 bits per heavy atom. The van der Waals surface area contributed by atoms with E-state index in [0.717, 1.165) is 48.6 Å². The molecule has 2 aliphatic rings. The van der Waals surface area contributed by atoms with Crippen LogP contribution in [-0.4, -0.2) is 6.61 Å². The third-order valence-electron chi connectivity index (χ3n) is 3.80. The van der Waals surface area contributed by atoms with E-state index in [-0.39, 0.29) is 0 Å². The number of nitrogens with two attached hydrogens (primary N) is 2. The summed E-state index contributed by atoms with van der Waals surface area (Å²) in [6.45, 7) is 0.890. The minimum atomic E-state index is 0.756. The van der Waals surface area contributed by atoms with Gasteiger partial charge in [-0.1, -0.05) is 0 Å². The molecule has 5 N–H and O–H groups in total. The highest BCUT2D eigenvalue weighted by Gasteiger charge is 2.49. The van der Waals surface area contributed by atoms with Crippen LogP contribution in [0.5, 0.6) is 0 Å². The van der Waals surface area contributed by atoms with Gasteiger partial charge in [-0.15, -0.1) is 0 Å². The summed E-state index contributed by atoms with van der Waals surface area (Å²) in [5.74, 6) is 7.87. The average molecular weight is 323 g/mol. The molecule has 0 aromatic heterocycles. The molecule has 5 heteroatoms. The van der Waals surface area contributed by atoms with Crippen molar-refractivity contribution in [2.24, 2.45) is 29.3 Å². The van der Waals surface area contributed by atoms with Gasteiger partial charge in [-0.3, -0.25) is 5.84 Å². The van der Waals surface area contributed by atoms with Crippen molar-refractivity contribution in [3.8, 4) is 0 Å². The van der Waals surface area contributed by atoms with E-state index in [9.17, 15) is 0 Å². The highest BCUT2D eigenvalue weighted by atomic mass is 127. The largest absolute Gasteiger partial charge is 0.401 e. The Balaban J connectivity index is 1.94. The van der Waals surface area contributed by atoms with E-state index < -0.39 is 0 Å². The molecular weight excluding hydrogens is 305 g/mol. The number of hydrogen-bond donors (Lipinski definition) is 3. The van der Waals surface area contributed by atoms with Crippen molar-refractivity contribution in [3.05, 3.63) is 11.4 Å². The Kier molecular flexibility index (Phi) is 3.73. The number of hydrazine groups is 1. The van der Waals surface area contributed by atoms with Gasteiger partial charge in [0.2, 0.25) is 0 Å². The maximum absolute atomic E-state index is 5.96. The Morgan fingerprint density at radius 2 is 2.00 bits per heavy atom. The molecular formula is C10H18IN3O. The van der Waals surface area contributed by atoms with Gasteiger partial charge in [0.25, 0.3) is 0 Å². The van der Waals surface area contributed by atoms with Gasteiger partial charge >= 0.3 is 0 Å². The first-order valence-electron chi connectivity index (χ1n) is 5.45. The molecule has 0 amide bonds. The van der Waals surface area contributed by atoms with Crippen molar-refractivity contribution < 1.29 is 3.07 Å². The quantitative estimate of drug-likeness (QED) is 0.417. The van der Waals surface area contributed by atoms with Crippen LogP contribution in [0.4, 0.5) is 0 Å². The van der Waals surface area contributed by atoms with Crippen molar-refractivity contribution in [3.63, 3.8) is 0 Å². The molecule has 0 aromatic carbocycles. The highest BCUT2D eigenvalue weighted by Crippen LogP contribution is 2.53. The zero-order chi connectivity index (χ0) is 10.8. The summed E-state index contributed by atoms with van der Waals surface area (Å²) in [4.78, 5) is 0. The fourth-order valence-electron chi connectivity index (χ4n) is 2.81. The lowest BCUT2D eigenvalue weighted by Gasteiger charge is -2.13. The standard InChI is InChI=1S/C10H18IN3O/c11-15-5-8-6-1-3-9(12)10(14-13)4-2-7(6)8/h6-8,14H,1-5,12-13H2/b10-9-.